The molecule has 1 aromatic heterocycles. The van der Waals surface area contributed by atoms with Crippen molar-refractivity contribution in [3.8, 4) is 0 Å². The topological polar surface area (TPSA) is 122 Å². The Balaban J connectivity index is 1.28. The van der Waals surface area contributed by atoms with E-state index in [1.165, 1.54) is 10.7 Å². The zero-order valence-electron chi connectivity index (χ0n) is 21.2. The minimum Gasteiger partial charge on any atom is -0.335 e. The van der Waals surface area contributed by atoms with Crippen molar-refractivity contribution in [2.24, 2.45) is 10.3 Å². The van der Waals surface area contributed by atoms with E-state index in [2.05, 4.69) is 45.9 Å². The third kappa shape index (κ3) is 6.13. The summed E-state index contributed by atoms with van der Waals surface area (Å²) in [5.41, 5.74) is 3.30. The molecule has 1 amide bonds. The second-order valence-corrected chi connectivity index (χ2v) is 11.9. The summed E-state index contributed by atoms with van der Waals surface area (Å²) >= 11 is 0. The number of carbonyl (C=O) groups is 1. The molecule has 4 rings (SSSR count). The van der Waals surface area contributed by atoms with Crippen LogP contribution in [-0.4, -0.2) is 83.2 Å². The van der Waals surface area contributed by atoms with Gasteiger partial charge in [0.15, 0.2) is 12.4 Å². The van der Waals surface area contributed by atoms with Crippen LogP contribution in [0.5, 0.6) is 0 Å². The number of aromatic nitrogens is 3. The first-order chi connectivity index (χ1) is 17.3. The van der Waals surface area contributed by atoms with Gasteiger partial charge in [0.2, 0.25) is 0 Å². The lowest BCUT2D eigenvalue weighted by Gasteiger charge is -2.38. The van der Waals surface area contributed by atoms with E-state index in [1.807, 2.05) is 7.05 Å². The fourth-order valence-corrected chi connectivity index (χ4v) is 5.23. The number of sulfonamides is 1. The maximum absolute atomic E-state index is 15.0. The van der Waals surface area contributed by atoms with E-state index in [0.29, 0.717) is 17.8 Å². The average Bonchev–Trinajstić information content (AvgIpc) is 3.35. The lowest BCUT2D eigenvalue weighted by molar-refractivity contribution is -0.157. The SMILES string of the molecule is CN(Cc1cn(CC2CCN(C(=O)CONC3=NS(=O)(=O)c4ccccc43)CC2(F)F)nn1)C(C)(C)C. The molecule has 2 aliphatic heterocycles. The van der Waals surface area contributed by atoms with Gasteiger partial charge in [-0.1, -0.05) is 17.3 Å². The second kappa shape index (κ2) is 10.1. The van der Waals surface area contributed by atoms with Crippen molar-refractivity contribution in [1.29, 1.82) is 0 Å². The number of amidine groups is 1. The van der Waals surface area contributed by atoms with E-state index < -0.39 is 40.9 Å². The highest BCUT2D eigenvalue weighted by atomic mass is 32.2. The Labute approximate surface area is 214 Å². The highest BCUT2D eigenvalue weighted by Gasteiger charge is 2.46. The molecule has 1 unspecified atom stereocenters. The van der Waals surface area contributed by atoms with Gasteiger partial charge in [0.05, 0.1) is 18.8 Å². The number of benzene rings is 1. The normalized spacial score (nSPS) is 20.6. The third-order valence-corrected chi connectivity index (χ3v) is 7.97. The van der Waals surface area contributed by atoms with Gasteiger partial charge in [-0.2, -0.15) is 8.42 Å². The van der Waals surface area contributed by atoms with Crippen molar-refractivity contribution in [2.45, 2.75) is 56.6 Å². The predicted molar refractivity (Wildman–Crippen MR) is 130 cm³/mol. The Morgan fingerprint density at radius 3 is 2.73 bits per heavy atom. The predicted octanol–water partition coefficient (Wildman–Crippen LogP) is 1.66. The molecule has 0 aliphatic carbocycles. The molecule has 2 aromatic rings. The number of hydroxylamine groups is 1. The third-order valence-electron chi connectivity index (χ3n) is 6.63. The first-order valence-electron chi connectivity index (χ1n) is 11.8. The Hall–Kier alpha value is -2.97. The van der Waals surface area contributed by atoms with Crippen LogP contribution in [0.1, 0.15) is 38.4 Å². The smallest absolute Gasteiger partial charge is 0.285 e. The molecule has 0 radical (unpaired) electrons. The van der Waals surface area contributed by atoms with Gasteiger partial charge in [-0.3, -0.25) is 19.2 Å². The van der Waals surface area contributed by atoms with Crippen molar-refractivity contribution >= 4 is 21.8 Å². The molecule has 3 heterocycles. The maximum atomic E-state index is 15.0. The van der Waals surface area contributed by atoms with Crippen LogP contribution in [0.3, 0.4) is 0 Å². The van der Waals surface area contributed by atoms with Crippen LogP contribution in [0.2, 0.25) is 0 Å². The molecule has 0 saturated carbocycles. The van der Waals surface area contributed by atoms with E-state index in [-0.39, 0.29) is 35.8 Å². The van der Waals surface area contributed by atoms with Crippen LogP contribution < -0.4 is 5.48 Å². The van der Waals surface area contributed by atoms with Crippen LogP contribution >= 0.6 is 0 Å². The lowest BCUT2D eigenvalue weighted by atomic mass is 9.92. The number of halogens is 2. The number of nitrogens with zero attached hydrogens (tertiary/aromatic N) is 6. The highest BCUT2D eigenvalue weighted by Crippen LogP contribution is 2.34. The van der Waals surface area contributed by atoms with Crippen LogP contribution in [-0.2, 0) is 32.7 Å². The number of carbonyl (C=O) groups excluding carboxylic acids is 1. The molecule has 1 N–H and O–H groups in total. The quantitative estimate of drug-likeness (QED) is 0.528. The molecule has 2 aliphatic rings. The van der Waals surface area contributed by atoms with E-state index in [1.54, 1.807) is 24.4 Å². The summed E-state index contributed by atoms with van der Waals surface area (Å²) in [5.74, 6) is -4.83. The zero-order chi connectivity index (χ0) is 27.0. The number of amides is 1. The van der Waals surface area contributed by atoms with Crippen LogP contribution in [0.25, 0.3) is 0 Å². The molecule has 37 heavy (non-hydrogen) atoms. The summed E-state index contributed by atoms with van der Waals surface area (Å²) in [6.45, 7) is 5.58. The first-order valence-corrected chi connectivity index (χ1v) is 13.3. The van der Waals surface area contributed by atoms with Crippen molar-refractivity contribution < 1.29 is 26.8 Å². The Bertz CT molecular complexity index is 1290. The lowest BCUT2D eigenvalue weighted by Crippen LogP contribution is -2.52. The van der Waals surface area contributed by atoms with Gasteiger partial charge in [0.1, 0.15) is 4.90 Å². The van der Waals surface area contributed by atoms with Crippen molar-refractivity contribution in [3.05, 3.63) is 41.7 Å². The fraction of sp³-hybridized carbons (Fsp3) is 0.565. The van der Waals surface area contributed by atoms with Gasteiger partial charge in [0.25, 0.3) is 21.9 Å². The number of hydrogen-bond acceptors (Lipinski definition) is 8. The molecular weight excluding hydrogens is 508 g/mol. The van der Waals surface area contributed by atoms with Gasteiger partial charge in [-0.15, -0.1) is 9.50 Å². The molecule has 0 spiro atoms. The van der Waals surface area contributed by atoms with Crippen LogP contribution in [0.15, 0.2) is 39.8 Å². The standard InChI is InChI=1S/C23H31F2N7O4S/c1-22(2,3)30(4)12-17-13-32(29-26-17)11-16-9-10-31(15-23(16,24)25)20(33)14-36-27-21-18-7-5-6-8-19(18)37(34,35)28-21/h5-8,13,16H,9-12,14-15H2,1-4H3,(H,27,28). The van der Waals surface area contributed by atoms with Gasteiger partial charge in [-0.25, -0.2) is 14.3 Å². The molecule has 14 heteroatoms. The van der Waals surface area contributed by atoms with Crippen LogP contribution in [0, 0.1) is 5.92 Å². The van der Waals surface area contributed by atoms with Gasteiger partial charge >= 0.3 is 0 Å². The minimum absolute atomic E-state index is 0.00692. The fourth-order valence-electron chi connectivity index (χ4n) is 4.07. The second-order valence-electron chi connectivity index (χ2n) is 10.3. The van der Waals surface area contributed by atoms with Crippen LogP contribution in [0.4, 0.5) is 8.78 Å². The summed E-state index contributed by atoms with van der Waals surface area (Å²) in [7, 11) is -1.89. The van der Waals surface area contributed by atoms with Gasteiger partial charge in [-0.05, 0) is 46.4 Å². The summed E-state index contributed by atoms with van der Waals surface area (Å²) in [6, 6.07) is 6.16. The molecule has 1 atom stereocenters. The average molecular weight is 540 g/mol. The largest absolute Gasteiger partial charge is 0.335 e. The maximum Gasteiger partial charge on any atom is 0.285 e. The zero-order valence-corrected chi connectivity index (χ0v) is 22.0. The number of fused-ring (bicyclic) bond motifs is 1. The molecule has 202 valence electrons. The van der Waals surface area contributed by atoms with Crippen molar-refractivity contribution in [3.63, 3.8) is 0 Å². The Morgan fingerprint density at radius 1 is 1.30 bits per heavy atom. The number of piperidine rings is 1. The molecular formula is C23H31F2N7O4S. The number of alkyl halides is 2. The summed E-state index contributed by atoms with van der Waals surface area (Å²) in [5, 5.41) is 8.12. The molecule has 1 fully saturated rings. The summed E-state index contributed by atoms with van der Waals surface area (Å²) < 4.78 is 59.1. The van der Waals surface area contributed by atoms with Gasteiger partial charge in [0, 0.05) is 36.3 Å². The number of hydrogen-bond donors (Lipinski definition) is 1. The Kier molecular flexibility index (Phi) is 7.36. The van der Waals surface area contributed by atoms with Crippen molar-refractivity contribution in [2.75, 3.05) is 26.7 Å². The number of nitrogens with one attached hydrogen (secondary N) is 1. The molecule has 0 bridgehead atoms. The van der Waals surface area contributed by atoms with Crippen molar-refractivity contribution in [1.82, 2.24) is 30.3 Å². The minimum atomic E-state index is -3.85. The number of rotatable bonds is 7. The van der Waals surface area contributed by atoms with E-state index in [0.717, 1.165) is 4.90 Å². The molecule has 1 aromatic carbocycles. The number of likely N-dealkylation sites (tertiary alicyclic amines) is 1. The van der Waals surface area contributed by atoms with E-state index in [9.17, 15) is 22.0 Å². The monoisotopic (exact) mass is 539 g/mol. The highest BCUT2D eigenvalue weighted by molar-refractivity contribution is 7.90. The summed E-state index contributed by atoms with van der Waals surface area (Å²) in [4.78, 5) is 20.8. The molecule has 1 saturated heterocycles. The first kappa shape index (κ1) is 27.1. The summed E-state index contributed by atoms with van der Waals surface area (Å²) in [6.07, 6.45) is 1.76. The van der Waals surface area contributed by atoms with E-state index >= 15 is 0 Å². The van der Waals surface area contributed by atoms with Gasteiger partial charge < -0.3 is 4.90 Å². The van der Waals surface area contributed by atoms with E-state index in [4.69, 9.17) is 4.84 Å². The molecule has 11 nitrogen and oxygen atoms in total. The Morgan fingerprint density at radius 2 is 2.03 bits per heavy atom.